The fourth-order valence-corrected chi connectivity index (χ4v) is 4.49. The van der Waals surface area contributed by atoms with E-state index in [-0.39, 0.29) is 5.56 Å². The predicted molar refractivity (Wildman–Crippen MR) is 136 cm³/mol. The van der Waals surface area contributed by atoms with Crippen molar-refractivity contribution in [3.63, 3.8) is 0 Å². The molecule has 38 heavy (non-hydrogen) atoms. The SMILES string of the molecule is Fc1cc(F)cc(-c2cnc3nnn(Cc4cccc(-c5ncc(OCC6CCNCC6)cn5)c4)c3n2)c1. The Hall–Kier alpha value is -4.38. The molecule has 0 spiro atoms. The highest BCUT2D eigenvalue weighted by Gasteiger charge is 2.15. The Kier molecular flexibility index (Phi) is 6.65. The van der Waals surface area contributed by atoms with Crippen molar-refractivity contribution < 1.29 is 13.5 Å². The lowest BCUT2D eigenvalue weighted by Gasteiger charge is -2.22. The molecule has 1 saturated heterocycles. The summed E-state index contributed by atoms with van der Waals surface area (Å²) in [6, 6.07) is 11.0. The summed E-state index contributed by atoms with van der Waals surface area (Å²) in [4.78, 5) is 17.8. The van der Waals surface area contributed by atoms with Crippen molar-refractivity contribution in [2.24, 2.45) is 5.92 Å². The van der Waals surface area contributed by atoms with E-state index in [1.165, 1.54) is 18.3 Å². The van der Waals surface area contributed by atoms with Gasteiger partial charge in [-0.1, -0.05) is 23.4 Å². The zero-order valence-electron chi connectivity index (χ0n) is 20.4. The number of halogens is 2. The highest BCUT2D eigenvalue weighted by molar-refractivity contribution is 5.70. The molecule has 1 aliphatic heterocycles. The number of hydrogen-bond acceptors (Lipinski definition) is 8. The summed E-state index contributed by atoms with van der Waals surface area (Å²) in [5.41, 5.74) is 3.12. The van der Waals surface area contributed by atoms with Gasteiger partial charge in [0.05, 0.1) is 37.4 Å². The fraction of sp³-hybridized carbons (Fsp3) is 0.259. The molecule has 5 aromatic rings. The van der Waals surface area contributed by atoms with E-state index in [1.54, 1.807) is 17.1 Å². The summed E-state index contributed by atoms with van der Waals surface area (Å²) in [6.45, 7) is 3.10. The zero-order chi connectivity index (χ0) is 25.9. The van der Waals surface area contributed by atoms with E-state index in [0.717, 1.165) is 43.1 Å². The van der Waals surface area contributed by atoms with E-state index in [1.807, 2.05) is 24.3 Å². The molecule has 4 heterocycles. The van der Waals surface area contributed by atoms with Crippen molar-refractivity contribution in [3.05, 3.63) is 78.3 Å². The summed E-state index contributed by atoms with van der Waals surface area (Å²) >= 11 is 0. The minimum Gasteiger partial charge on any atom is -0.490 e. The van der Waals surface area contributed by atoms with E-state index in [2.05, 4.69) is 35.6 Å². The number of aromatic nitrogens is 7. The normalized spacial score (nSPS) is 14.2. The molecule has 3 aromatic heterocycles. The number of hydrogen-bond donors (Lipinski definition) is 1. The van der Waals surface area contributed by atoms with Crippen LogP contribution in [0.15, 0.2) is 61.1 Å². The molecule has 0 atom stereocenters. The van der Waals surface area contributed by atoms with Crippen LogP contribution in [0.1, 0.15) is 18.4 Å². The summed E-state index contributed by atoms with van der Waals surface area (Å²) in [7, 11) is 0. The maximum Gasteiger partial charge on any atom is 0.221 e. The van der Waals surface area contributed by atoms with Crippen LogP contribution >= 0.6 is 0 Å². The van der Waals surface area contributed by atoms with Gasteiger partial charge >= 0.3 is 0 Å². The Morgan fingerprint density at radius 1 is 0.921 bits per heavy atom. The van der Waals surface area contributed by atoms with Gasteiger partial charge in [-0.15, -0.1) is 5.10 Å². The van der Waals surface area contributed by atoms with E-state index < -0.39 is 11.6 Å². The standard InChI is InChI=1S/C27H24F2N8O/c28-21-9-20(10-22(29)11-21)24-14-33-26-27(34-24)37(36-35-26)15-18-2-1-3-19(8-18)25-31-12-23(13-32-25)38-16-17-4-6-30-7-5-17/h1-3,8-14,17,30H,4-7,15-16H2. The van der Waals surface area contributed by atoms with Crippen LogP contribution in [-0.4, -0.2) is 54.6 Å². The smallest absolute Gasteiger partial charge is 0.221 e. The van der Waals surface area contributed by atoms with Crippen molar-refractivity contribution in [1.29, 1.82) is 0 Å². The summed E-state index contributed by atoms with van der Waals surface area (Å²) < 4.78 is 34.9. The Morgan fingerprint density at radius 3 is 2.50 bits per heavy atom. The molecule has 0 aliphatic carbocycles. The van der Waals surface area contributed by atoms with Gasteiger partial charge in [0.2, 0.25) is 5.65 Å². The molecule has 0 amide bonds. The summed E-state index contributed by atoms with van der Waals surface area (Å²) in [5.74, 6) is 0.420. The number of piperidine rings is 1. The zero-order valence-corrected chi connectivity index (χ0v) is 20.4. The quantitative estimate of drug-likeness (QED) is 0.347. The maximum absolute atomic E-state index is 13.7. The van der Waals surface area contributed by atoms with Gasteiger partial charge in [0.25, 0.3) is 0 Å². The van der Waals surface area contributed by atoms with Crippen molar-refractivity contribution in [3.8, 4) is 28.4 Å². The Bertz CT molecular complexity index is 1550. The number of nitrogens with zero attached hydrogens (tertiary/aromatic N) is 7. The highest BCUT2D eigenvalue weighted by atomic mass is 19.1. The van der Waals surface area contributed by atoms with Crippen LogP contribution in [0.25, 0.3) is 33.9 Å². The number of ether oxygens (including phenoxy) is 1. The monoisotopic (exact) mass is 514 g/mol. The third-order valence-corrected chi connectivity index (χ3v) is 6.48. The molecule has 9 nitrogen and oxygen atoms in total. The van der Waals surface area contributed by atoms with Gasteiger partial charge in [-0.05, 0) is 55.6 Å². The number of rotatable bonds is 7. The first kappa shape index (κ1) is 24.0. The fourth-order valence-electron chi connectivity index (χ4n) is 4.49. The van der Waals surface area contributed by atoms with Gasteiger partial charge in [-0.3, -0.25) is 0 Å². The Balaban J connectivity index is 1.19. The van der Waals surface area contributed by atoms with E-state index in [9.17, 15) is 8.78 Å². The van der Waals surface area contributed by atoms with Gasteiger partial charge in [-0.25, -0.2) is 33.4 Å². The van der Waals surface area contributed by atoms with Gasteiger partial charge in [0.1, 0.15) is 11.6 Å². The van der Waals surface area contributed by atoms with Crippen LogP contribution < -0.4 is 10.1 Å². The number of benzene rings is 2. The molecule has 11 heteroatoms. The maximum atomic E-state index is 13.7. The second-order valence-corrected chi connectivity index (χ2v) is 9.25. The Labute approximate surface area is 217 Å². The molecule has 1 N–H and O–H groups in total. The molecule has 192 valence electrons. The lowest BCUT2D eigenvalue weighted by atomic mass is 9.99. The second-order valence-electron chi connectivity index (χ2n) is 9.25. The van der Waals surface area contributed by atoms with Crippen LogP contribution in [0, 0.1) is 17.6 Å². The Morgan fingerprint density at radius 2 is 1.71 bits per heavy atom. The third kappa shape index (κ3) is 5.32. The molecule has 0 radical (unpaired) electrons. The summed E-state index contributed by atoms with van der Waals surface area (Å²) in [5, 5.41) is 11.6. The molecule has 0 unspecified atom stereocenters. The number of fused-ring (bicyclic) bond motifs is 1. The minimum absolute atomic E-state index is 0.284. The van der Waals surface area contributed by atoms with Gasteiger partial charge in [0, 0.05) is 17.2 Å². The molecule has 0 saturated carbocycles. The van der Waals surface area contributed by atoms with Gasteiger partial charge < -0.3 is 10.1 Å². The van der Waals surface area contributed by atoms with Crippen molar-refractivity contribution in [2.75, 3.05) is 19.7 Å². The van der Waals surface area contributed by atoms with Crippen molar-refractivity contribution in [2.45, 2.75) is 19.4 Å². The molecule has 2 aromatic carbocycles. The second kappa shape index (κ2) is 10.5. The minimum atomic E-state index is -0.686. The summed E-state index contributed by atoms with van der Waals surface area (Å²) in [6.07, 6.45) is 7.06. The average Bonchev–Trinajstić information content (AvgIpc) is 3.34. The molecular weight excluding hydrogens is 490 g/mol. The lowest BCUT2D eigenvalue weighted by Crippen LogP contribution is -2.30. The molecular formula is C27H24F2N8O. The number of nitrogens with one attached hydrogen (secondary N) is 1. The van der Waals surface area contributed by atoms with Crippen LogP contribution in [0.2, 0.25) is 0 Å². The molecule has 6 rings (SSSR count). The molecule has 0 bridgehead atoms. The van der Waals surface area contributed by atoms with Crippen LogP contribution in [0.4, 0.5) is 8.78 Å². The molecule has 1 fully saturated rings. The van der Waals surface area contributed by atoms with E-state index in [0.29, 0.717) is 47.6 Å². The van der Waals surface area contributed by atoms with E-state index in [4.69, 9.17) is 4.74 Å². The van der Waals surface area contributed by atoms with Crippen molar-refractivity contribution in [1.82, 2.24) is 40.2 Å². The van der Waals surface area contributed by atoms with Crippen LogP contribution in [0.5, 0.6) is 5.75 Å². The van der Waals surface area contributed by atoms with Crippen LogP contribution in [0.3, 0.4) is 0 Å². The first-order chi connectivity index (χ1) is 18.6. The first-order valence-corrected chi connectivity index (χ1v) is 12.4. The molecule has 1 aliphatic rings. The average molecular weight is 515 g/mol. The van der Waals surface area contributed by atoms with Crippen LogP contribution in [-0.2, 0) is 6.54 Å². The lowest BCUT2D eigenvalue weighted by molar-refractivity contribution is 0.214. The topological polar surface area (TPSA) is 104 Å². The van der Waals surface area contributed by atoms with Gasteiger partial charge in [0.15, 0.2) is 17.2 Å². The first-order valence-electron chi connectivity index (χ1n) is 12.4. The highest BCUT2D eigenvalue weighted by Crippen LogP contribution is 2.23. The van der Waals surface area contributed by atoms with Crippen molar-refractivity contribution >= 4 is 11.3 Å². The third-order valence-electron chi connectivity index (χ3n) is 6.48. The van der Waals surface area contributed by atoms with E-state index >= 15 is 0 Å². The predicted octanol–water partition coefficient (Wildman–Crippen LogP) is 4.05. The van der Waals surface area contributed by atoms with Gasteiger partial charge in [-0.2, -0.15) is 0 Å². The largest absolute Gasteiger partial charge is 0.490 e.